The van der Waals surface area contributed by atoms with Crippen molar-refractivity contribution in [2.45, 2.75) is 135 Å². The van der Waals surface area contributed by atoms with Crippen molar-refractivity contribution in [2.75, 3.05) is 13.2 Å². The average molecular weight is 537 g/mol. The van der Waals surface area contributed by atoms with Gasteiger partial charge in [-0.15, -0.1) is 0 Å². The molecule has 218 valence electrons. The Hall–Kier alpha value is -1.25. The van der Waals surface area contributed by atoms with Crippen molar-refractivity contribution in [2.24, 2.45) is 17.8 Å². The Kier molecular flexibility index (Phi) is 14.4. The lowest BCUT2D eigenvalue weighted by Crippen LogP contribution is -2.32. The molecular weight excluding hydrogens is 484 g/mol. The highest BCUT2D eigenvalue weighted by atomic mass is 16.7. The molecule has 0 radical (unpaired) electrons. The van der Waals surface area contributed by atoms with Crippen molar-refractivity contribution in [1.82, 2.24) is 0 Å². The number of aliphatic carboxylic acids is 1. The van der Waals surface area contributed by atoms with Crippen LogP contribution in [-0.2, 0) is 23.7 Å². The van der Waals surface area contributed by atoms with Gasteiger partial charge in [-0.1, -0.05) is 51.0 Å². The van der Waals surface area contributed by atoms with Crippen molar-refractivity contribution < 1.29 is 34.0 Å². The summed E-state index contributed by atoms with van der Waals surface area (Å²) >= 11 is 0. The van der Waals surface area contributed by atoms with E-state index in [0.717, 1.165) is 77.4 Å². The van der Waals surface area contributed by atoms with Crippen LogP contribution in [0.25, 0.3) is 0 Å². The Bertz CT molecular complexity index is 711. The molecule has 7 heteroatoms. The van der Waals surface area contributed by atoms with Crippen LogP contribution in [0.15, 0.2) is 24.3 Å². The number of allylic oxidation sites excluding steroid dienone is 2. The molecule has 8 atom stereocenters. The SMILES string of the molecule is CCCC[C@@H](C)[C@@H](C=C[C@@H]1[C@@H](CC=CCCCC(=O)O)[C@@H](O)C[C@H]1OC1CCCCO1)OC1CCCCO1. The number of hydrogen-bond acceptors (Lipinski definition) is 6. The van der Waals surface area contributed by atoms with Gasteiger partial charge in [-0.2, -0.15) is 0 Å². The number of carboxylic acids is 1. The topological polar surface area (TPSA) is 94.5 Å². The highest BCUT2D eigenvalue weighted by molar-refractivity contribution is 5.66. The van der Waals surface area contributed by atoms with Gasteiger partial charge in [0.05, 0.1) is 18.3 Å². The Labute approximate surface area is 229 Å². The van der Waals surface area contributed by atoms with Gasteiger partial charge in [-0.3, -0.25) is 4.79 Å². The zero-order valence-electron chi connectivity index (χ0n) is 23.7. The molecule has 2 heterocycles. The van der Waals surface area contributed by atoms with E-state index in [1.165, 1.54) is 6.42 Å². The molecular formula is C31H52O7. The van der Waals surface area contributed by atoms with Crippen LogP contribution < -0.4 is 0 Å². The number of carbonyl (C=O) groups is 1. The molecule has 0 aromatic heterocycles. The maximum atomic E-state index is 11.1. The highest BCUT2D eigenvalue weighted by Crippen LogP contribution is 2.40. The van der Waals surface area contributed by atoms with E-state index in [4.69, 9.17) is 24.1 Å². The predicted octanol–water partition coefficient (Wildman–Crippen LogP) is 6.39. The Morgan fingerprint density at radius 2 is 1.79 bits per heavy atom. The van der Waals surface area contributed by atoms with Crippen LogP contribution in [0.5, 0.6) is 0 Å². The van der Waals surface area contributed by atoms with Crippen LogP contribution in [0.1, 0.15) is 104 Å². The molecule has 3 rings (SSSR count). The van der Waals surface area contributed by atoms with Gasteiger partial charge < -0.3 is 29.2 Å². The molecule has 0 spiro atoms. The molecule has 1 saturated carbocycles. The van der Waals surface area contributed by atoms with Gasteiger partial charge in [0.15, 0.2) is 12.6 Å². The number of rotatable bonds is 16. The molecule has 1 aliphatic carbocycles. The quantitative estimate of drug-likeness (QED) is 0.174. The summed E-state index contributed by atoms with van der Waals surface area (Å²) in [6, 6.07) is 0. The van der Waals surface area contributed by atoms with E-state index in [0.29, 0.717) is 18.8 Å². The number of aliphatic hydroxyl groups excluding tert-OH is 1. The third kappa shape index (κ3) is 10.7. The number of aliphatic hydroxyl groups is 1. The van der Waals surface area contributed by atoms with Crippen LogP contribution >= 0.6 is 0 Å². The summed E-state index contributed by atoms with van der Waals surface area (Å²) in [6.07, 6.45) is 20.2. The molecule has 2 unspecified atom stereocenters. The van der Waals surface area contributed by atoms with E-state index < -0.39 is 12.1 Å². The molecule has 2 aliphatic heterocycles. The summed E-state index contributed by atoms with van der Waals surface area (Å²) in [7, 11) is 0. The van der Waals surface area contributed by atoms with Gasteiger partial charge in [0.2, 0.25) is 0 Å². The Morgan fingerprint density at radius 3 is 2.45 bits per heavy atom. The fourth-order valence-corrected chi connectivity index (χ4v) is 5.88. The number of unbranched alkanes of at least 4 members (excludes halogenated alkanes) is 2. The van der Waals surface area contributed by atoms with Crippen molar-refractivity contribution in [3.8, 4) is 0 Å². The standard InChI is InChI=1S/C31H52O7/c1-3-4-13-23(2)27(37-30-16-9-11-20-35-30)19-18-25-24(14-7-5-6-8-15-29(33)34)26(32)22-28(25)38-31-17-10-12-21-36-31/h5,7,18-19,23-28,30-32H,3-4,6,8-17,20-22H2,1-2H3,(H,33,34)/t23-,24-,25-,26+,27-,28-,30?,31?/m1/s1. The second-order valence-corrected chi connectivity index (χ2v) is 11.4. The van der Waals surface area contributed by atoms with Gasteiger partial charge in [-0.05, 0) is 76.0 Å². The zero-order valence-corrected chi connectivity index (χ0v) is 23.7. The first kappa shape index (κ1) is 31.3. The van der Waals surface area contributed by atoms with Gasteiger partial charge >= 0.3 is 5.97 Å². The summed E-state index contributed by atoms with van der Waals surface area (Å²) in [5.74, 6) is -0.302. The first-order chi connectivity index (χ1) is 18.5. The fraction of sp³-hybridized carbons (Fsp3) is 0.839. The van der Waals surface area contributed by atoms with E-state index in [9.17, 15) is 9.90 Å². The lowest BCUT2D eigenvalue weighted by molar-refractivity contribution is -0.193. The maximum Gasteiger partial charge on any atom is 0.303 e. The average Bonchev–Trinajstić information content (AvgIpc) is 3.21. The van der Waals surface area contributed by atoms with Gasteiger partial charge in [0.1, 0.15) is 0 Å². The van der Waals surface area contributed by atoms with Crippen molar-refractivity contribution in [1.29, 1.82) is 0 Å². The summed E-state index contributed by atoms with van der Waals surface area (Å²) in [5.41, 5.74) is 0. The van der Waals surface area contributed by atoms with Crippen molar-refractivity contribution in [3.63, 3.8) is 0 Å². The first-order valence-corrected chi connectivity index (χ1v) is 15.2. The molecule has 3 aliphatic rings. The van der Waals surface area contributed by atoms with Crippen LogP contribution in [0.4, 0.5) is 0 Å². The van der Waals surface area contributed by atoms with Gasteiger partial charge in [0.25, 0.3) is 0 Å². The van der Waals surface area contributed by atoms with Gasteiger partial charge in [0, 0.05) is 32.0 Å². The molecule has 0 bridgehead atoms. The molecule has 2 saturated heterocycles. The monoisotopic (exact) mass is 536 g/mol. The normalized spacial score (nSPS) is 32.2. The van der Waals surface area contributed by atoms with Crippen molar-refractivity contribution in [3.05, 3.63) is 24.3 Å². The minimum Gasteiger partial charge on any atom is -0.481 e. The largest absolute Gasteiger partial charge is 0.481 e. The van der Waals surface area contributed by atoms with E-state index in [1.807, 2.05) is 6.08 Å². The summed E-state index contributed by atoms with van der Waals surface area (Å²) in [6.45, 7) is 5.97. The smallest absolute Gasteiger partial charge is 0.303 e. The fourth-order valence-electron chi connectivity index (χ4n) is 5.88. The van der Waals surface area contributed by atoms with Crippen molar-refractivity contribution >= 4 is 5.97 Å². The third-order valence-corrected chi connectivity index (χ3v) is 8.24. The Morgan fingerprint density at radius 1 is 1.05 bits per heavy atom. The predicted molar refractivity (Wildman–Crippen MR) is 148 cm³/mol. The van der Waals surface area contributed by atoms with E-state index >= 15 is 0 Å². The second-order valence-electron chi connectivity index (χ2n) is 11.4. The van der Waals surface area contributed by atoms with Crippen LogP contribution in [-0.4, -0.2) is 60.3 Å². The molecule has 0 amide bonds. The molecule has 0 aromatic carbocycles. The maximum absolute atomic E-state index is 11.1. The van der Waals surface area contributed by atoms with Gasteiger partial charge in [-0.25, -0.2) is 0 Å². The number of hydrogen-bond donors (Lipinski definition) is 2. The second kappa shape index (κ2) is 17.4. The van der Waals surface area contributed by atoms with E-state index in [2.05, 4.69) is 32.1 Å². The van der Waals surface area contributed by atoms with Crippen LogP contribution in [0, 0.1) is 17.8 Å². The lowest BCUT2D eigenvalue weighted by atomic mass is 9.88. The Balaban J connectivity index is 1.71. The highest BCUT2D eigenvalue weighted by Gasteiger charge is 2.42. The lowest BCUT2D eigenvalue weighted by Gasteiger charge is -2.31. The molecule has 3 fully saturated rings. The number of ether oxygens (including phenoxy) is 4. The van der Waals surface area contributed by atoms with E-state index in [1.54, 1.807) is 0 Å². The first-order valence-electron chi connectivity index (χ1n) is 15.2. The summed E-state index contributed by atoms with van der Waals surface area (Å²) in [4.78, 5) is 10.8. The summed E-state index contributed by atoms with van der Waals surface area (Å²) < 4.78 is 24.8. The van der Waals surface area contributed by atoms with Crippen LogP contribution in [0.3, 0.4) is 0 Å². The minimum absolute atomic E-state index is 0.0353. The molecule has 38 heavy (non-hydrogen) atoms. The minimum atomic E-state index is -0.761. The number of carboxylic acid groups (broad SMARTS) is 1. The molecule has 7 nitrogen and oxygen atoms in total. The summed E-state index contributed by atoms with van der Waals surface area (Å²) in [5, 5.41) is 19.9. The molecule has 2 N–H and O–H groups in total. The van der Waals surface area contributed by atoms with Crippen LogP contribution in [0.2, 0.25) is 0 Å². The zero-order chi connectivity index (χ0) is 27.2. The van der Waals surface area contributed by atoms with E-state index in [-0.39, 0.29) is 43.0 Å². The third-order valence-electron chi connectivity index (χ3n) is 8.24. The molecule has 0 aromatic rings.